The van der Waals surface area contributed by atoms with Gasteiger partial charge in [-0.25, -0.2) is 0 Å². The van der Waals surface area contributed by atoms with Gasteiger partial charge in [0.05, 0.1) is 0 Å². The largest absolute Gasteiger partial charge is 0.371 e. The summed E-state index contributed by atoms with van der Waals surface area (Å²) < 4.78 is 0. The molecule has 1 aromatic carbocycles. The first-order valence-electron chi connectivity index (χ1n) is 7.89. The van der Waals surface area contributed by atoms with E-state index in [0.29, 0.717) is 0 Å². The van der Waals surface area contributed by atoms with Crippen LogP contribution < -0.4 is 10.2 Å². The molecule has 0 amide bonds. The number of rotatable bonds is 4. The molecule has 2 heteroatoms. The smallest absolute Gasteiger partial charge is 0.0366 e. The Balaban J connectivity index is 1.46. The van der Waals surface area contributed by atoms with Crippen LogP contribution in [0.15, 0.2) is 30.3 Å². The average molecular weight is 258 g/mol. The fraction of sp³-hybridized carbons (Fsp3) is 0.647. The lowest BCUT2D eigenvalue weighted by atomic mass is 9.80. The number of benzene rings is 1. The van der Waals surface area contributed by atoms with Crippen LogP contribution in [0.4, 0.5) is 5.69 Å². The van der Waals surface area contributed by atoms with Crippen molar-refractivity contribution in [2.45, 2.75) is 51.1 Å². The minimum Gasteiger partial charge on any atom is -0.371 e. The van der Waals surface area contributed by atoms with Gasteiger partial charge in [0.25, 0.3) is 0 Å². The molecule has 2 aliphatic rings. The second kappa shape index (κ2) is 5.96. The van der Waals surface area contributed by atoms with E-state index in [-0.39, 0.29) is 0 Å². The highest BCUT2D eigenvalue weighted by molar-refractivity contribution is 5.46. The second-order valence-corrected chi connectivity index (χ2v) is 6.24. The SMILES string of the molecule is CC(NC1CCN(c2ccccc2)CC1)C1CCC1. The van der Waals surface area contributed by atoms with Crippen LogP contribution in [0.5, 0.6) is 0 Å². The first kappa shape index (κ1) is 13.0. The number of anilines is 1. The molecule has 1 aliphatic heterocycles. The predicted octanol–water partition coefficient (Wildman–Crippen LogP) is 3.43. The average Bonchev–Trinajstić information content (AvgIpc) is 2.38. The van der Waals surface area contributed by atoms with Gasteiger partial charge in [-0.15, -0.1) is 0 Å². The van der Waals surface area contributed by atoms with Crippen molar-refractivity contribution in [3.8, 4) is 0 Å². The first-order chi connectivity index (χ1) is 9.33. The Morgan fingerprint density at radius 2 is 1.74 bits per heavy atom. The number of piperidine rings is 1. The van der Waals surface area contributed by atoms with Crippen molar-refractivity contribution in [2.24, 2.45) is 5.92 Å². The van der Waals surface area contributed by atoms with Crippen molar-refractivity contribution < 1.29 is 0 Å². The summed E-state index contributed by atoms with van der Waals surface area (Å²) in [7, 11) is 0. The molecule has 1 unspecified atom stereocenters. The number of para-hydroxylation sites is 1. The topological polar surface area (TPSA) is 15.3 Å². The number of nitrogens with one attached hydrogen (secondary N) is 1. The third-order valence-corrected chi connectivity index (χ3v) is 4.97. The third-order valence-electron chi connectivity index (χ3n) is 4.97. The Bertz CT molecular complexity index is 378. The fourth-order valence-electron chi connectivity index (χ4n) is 3.39. The lowest BCUT2D eigenvalue weighted by Crippen LogP contribution is -2.48. The number of hydrogen-bond donors (Lipinski definition) is 1. The predicted molar refractivity (Wildman–Crippen MR) is 81.6 cm³/mol. The Morgan fingerprint density at radius 1 is 1.05 bits per heavy atom. The van der Waals surface area contributed by atoms with Gasteiger partial charge in [-0.05, 0) is 50.7 Å². The van der Waals surface area contributed by atoms with Crippen molar-refractivity contribution in [1.29, 1.82) is 0 Å². The molecule has 2 fully saturated rings. The van der Waals surface area contributed by atoms with Gasteiger partial charge >= 0.3 is 0 Å². The van der Waals surface area contributed by atoms with E-state index in [9.17, 15) is 0 Å². The molecule has 0 bridgehead atoms. The van der Waals surface area contributed by atoms with E-state index in [4.69, 9.17) is 0 Å². The van der Waals surface area contributed by atoms with Crippen LogP contribution in [0.2, 0.25) is 0 Å². The van der Waals surface area contributed by atoms with Gasteiger partial charge in [-0.2, -0.15) is 0 Å². The van der Waals surface area contributed by atoms with Crippen LogP contribution >= 0.6 is 0 Å². The van der Waals surface area contributed by atoms with Crippen molar-refractivity contribution in [3.05, 3.63) is 30.3 Å². The van der Waals surface area contributed by atoms with Gasteiger partial charge in [0.2, 0.25) is 0 Å². The molecule has 1 aromatic rings. The molecule has 0 spiro atoms. The zero-order chi connectivity index (χ0) is 13.1. The van der Waals surface area contributed by atoms with Gasteiger partial charge in [-0.3, -0.25) is 0 Å². The zero-order valence-electron chi connectivity index (χ0n) is 12.0. The molecular formula is C17H26N2. The molecular weight excluding hydrogens is 232 g/mol. The Labute approximate surface area is 117 Å². The Kier molecular flexibility index (Phi) is 4.07. The van der Waals surface area contributed by atoms with E-state index in [1.54, 1.807) is 0 Å². The molecule has 1 saturated carbocycles. The molecule has 1 saturated heterocycles. The van der Waals surface area contributed by atoms with E-state index in [1.165, 1.54) is 50.9 Å². The second-order valence-electron chi connectivity index (χ2n) is 6.24. The highest BCUT2D eigenvalue weighted by Crippen LogP contribution is 2.30. The maximum atomic E-state index is 3.87. The molecule has 1 atom stereocenters. The van der Waals surface area contributed by atoms with Gasteiger partial charge in [0.15, 0.2) is 0 Å². The van der Waals surface area contributed by atoms with Crippen molar-refractivity contribution >= 4 is 5.69 Å². The van der Waals surface area contributed by atoms with Crippen LogP contribution in [-0.4, -0.2) is 25.2 Å². The number of hydrogen-bond acceptors (Lipinski definition) is 2. The quantitative estimate of drug-likeness (QED) is 0.890. The first-order valence-corrected chi connectivity index (χ1v) is 7.89. The third kappa shape index (κ3) is 3.11. The summed E-state index contributed by atoms with van der Waals surface area (Å²) in [6.45, 7) is 4.77. The van der Waals surface area contributed by atoms with E-state index in [1.807, 2.05) is 0 Å². The highest BCUT2D eigenvalue weighted by atomic mass is 15.1. The van der Waals surface area contributed by atoms with Crippen molar-refractivity contribution in [2.75, 3.05) is 18.0 Å². The van der Waals surface area contributed by atoms with E-state index in [0.717, 1.165) is 18.0 Å². The highest BCUT2D eigenvalue weighted by Gasteiger charge is 2.27. The van der Waals surface area contributed by atoms with Crippen LogP contribution in [0, 0.1) is 5.92 Å². The summed E-state index contributed by atoms with van der Waals surface area (Å²) in [5.41, 5.74) is 1.38. The molecule has 2 nitrogen and oxygen atoms in total. The van der Waals surface area contributed by atoms with Crippen LogP contribution in [0.1, 0.15) is 39.0 Å². The normalized spacial score (nSPS) is 23.1. The molecule has 1 aliphatic carbocycles. The van der Waals surface area contributed by atoms with E-state index in [2.05, 4.69) is 47.5 Å². The summed E-state index contributed by atoms with van der Waals surface area (Å²) in [4.78, 5) is 2.52. The lowest BCUT2D eigenvalue weighted by molar-refractivity contribution is 0.217. The maximum Gasteiger partial charge on any atom is 0.0366 e. The van der Waals surface area contributed by atoms with Crippen molar-refractivity contribution in [1.82, 2.24) is 5.32 Å². The monoisotopic (exact) mass is 258 g/mol. The molecule has 1 N–H and O–H groups in total. The molecule has 1 heterocycles. The maximum absolute atomic E-state index is 3.87. The van der Waals surface area contributed by atoms with Crippen molar-refractivity contribution in [3.63, 3.8) is 0 Å². The number of nitrogens with zero attached hydrogens (tertiary/aromatic N) is 1. The van der Waals surface area contributed by atoms with Gasteiger partial charge < -0.3 is 10.2 Å². The Hall–Kier alpha value is -1.02. The van der Waals surface area contributed by atoms with Gasteiger partial charge in [0.1, 0.15) is 0 Å². The fourth-order valence-corrected chi connectivity index (χ4v) is 3.39. The summed E-state index contributed by atoms with van der Waals surface area (Å²) in [6.07, 6.45) is 6.90. The van der Waals surface area contributed by atoms with E-state index < -0.39 is 0 Å². The van der Waals surface area contributed by atoms with Gasteiger partial charge in [0, 0.05) is 30.9 Å². The standard InChI is InChI=1S/C17H26N2/c1-14(15-6-5-7-15)18-16-10-12-19(13-11-16)17-8-3-2-4-9-17/h2-4,8-9,14-16,18H,5-7,10-13H2,1H3. The van der Waals surface area contributed by atoms with Crippen LogP contribution in [0.25, 0.3) is 0 Å². The van der Waals surface area contributed by atoms with E-state index >= 15 is 0 Å². The lowest BCUT2D eigenvalue weighted by Gasteiger charge is -2.39. The molecule has 19 heavy (non-hydrogen) atoms. The van der Waals surface area contributed by atoms with Crippen LogP contribution in [-0.2, 0) is 0 Å². The van der Waals surface area contributed by atoms with Crippen LogP contribution in [0.3, 0.4) is 0 Å². The summed E-state index contributed by atoms with van der Waals surface area (Å²) >= 11 is 0. The minimum absolute atomic E-state index is 0.724. The molecule has 0 aromatic heterocycles. The molecule has 104 valence electrons. The molecule has 3 rings (SSSR count). The van der Waals surface area contributed by atoms with Gasteiger partial charge in [-0.1, -0.05) is 24.6 Å². The summed E-state index contributed by atoms with van der Waals surface area (Å²) in [5.74, 6) is 0.951. The zero-order valence-corrected chi connectivity index (χ0v) is 12.0. The molecule has 0 radical (unpaired) electrons. The Morgan fingerprint density at radius 3 is 2.32 bits per heavy atom. The summed E-state index contributed by atoms with van der Waals surface area (Å²) in [6, 6.07) is 12.3. The minimum atomic E-state index is 0.724. The summed E-state index contributed by atoms with van der Waals surface area (Å²) in [5, 5.41) is 3.87.